The Kier molecular flexibility index (Phi) is 6.22. The quantitative estimate of drug-likeness (QED) is 0.718. The molecule has 0 saturated heterocycles. The van der Waals surface area contributed by atoms with Gasteiger partial charge in [0.15, 0.2) is 9.84 Å². The molecular weight excluding hydrogens is 234 g/mol. The number of aryl methyl sites for hydroxylation is 1. The minimum atomic E-state index is -2.82. The fraction of sp³-hybridized carbons (Fsp3) is 0.538. The van der Waals surface area contributed by atoms with Gasteiger partial charge in [0.25, 0.3) is 0 Å². The van der Waals surface area contributed by atoms with Crippen molar-refractivity contribution < 1.29 is 8.42 Å². The number of benzene rings is 1. The van der Waals surface area contributed by atoms with E-state index in [4.69, 9.17) is 0 Å². The summed E-state index contributed by atoms with van der Waals surface area (Å²) in [4.78, 5) is 0. The predicted molar refractivity (Wildman–Crippen MR) is 72.0 cm³/mol. The average molecular weight is 255 g/mol. The molecule has 0 bridgehead atoms. The summed E-state index contributed by atoms with van der Waals surface area (Å²) in [5.41, 5.74) is 1.33. The molecule has 0 spiro atoms. The van der Waals surface area contributed by atoms with E-state index in [9.17, 15) is 8.42 Å². The molecule has 0 radical (unpaired) electrons. The number of hydrogen-bond donors (Lipinski definition) is 1. The van der Waals surface area contributed by atoms with Crippen LogP contribution in [0.1, 0.15) is 18.9 Å². The summed E-state index contributed by atoms with van der Waals surface area (Å²) in [6, 6.07) is 10.3. The third-order valence-corrected chi connectivity index (χ3v) is 4.40. The van der Waals surface area contributed by atoms with E-state index in [1.54, 1.807) is 6.92 Å². The van der Waals surface area contributed by atoms with Crippen LogP contribution in [0.3, 0.4) is 0 Å². The Morgan fingerprint density at radius 1 is 1.12 bits per heavy atom. The third kappa shape index (κ3) is 6.44. The van der Waals surface area contributed by atoms with Gasteiger partial charge in [-0.2, -0.15) is 0 Å². The Morgan fingerprint density at radius 2 is 1.82 bits per heavy atom. The van der Waals surface area contributed by atoms with Crippen molar-refractivity contribution in [1.29, 1.82) is 0 Å². The Hall–Kier alpha value is -0.870. The smallest absolute Gasteiger partial charge is 0.151 e. The van der Waals surface area contributed by atoms with Gasteiger partial charge in [-0.1, -0.05) is 37.3 Å². The van der Waals surface area contributed by atoms with Crippen LogP contribution in [0.2, 0.25) is 0 Å². The first kappa shape index (κ1) is 14.2. The lowest BCUT2D eigenvalue weighted by Crippen LogP contribution is -2.24. The average Bonchev–Trinajstić information content (AvgIpc) is 2.35. The molecule has 0 aliphatic carbocycles. The minimum absolute atomic E-state index is 0.235. The van der Waals surface area contributed by atoms with Crippen LogP contribution in [0.4, 0.5) is 0 Å². The molecule has 4 heteroatoms. The van der Waals surface area contributed by atoms with E-state index in [-0.39, 0.29) is 11.5 Å². The molecule has 0 aliphatic heterocycles. The molecule has 1 aromatic rings. The van der Waals surface area contributed by atoms with Crippen LogP contribution in [-0.4, -0.2) is 33.0 Å². The van der Waals surface area contributed by atoms with Gasteiger partial charge in [-0.3, -0.25) is 0 Å². The third-order valence-electron chi connectivity index (χ3n) is 2.69. The predicted octanol–water partition coefficient (Wildman–Crippen LogP) is 1.64. The van der Waals surface area contributed by atoms with Crippen molar-refractivity contribution in [3.63, 3.8) is 0 Å². The lowest BCUT2D eigenvalue weighted by molar-refractivity contribution is 0.590. The van der Waals surface area contributed by atoms with Gasteiger partial charge < -0.3 is 5.32 Å². The minimum Gasteiger partial charge on any atom is -0.316 e. The molecule has 1 aromatic carbocycles. The van der Waals surface area contributed by atoms with Crippen molar-refractivity contribution >= 4 is 9.84 Å². The van der Waals surface area contributed by atoms with E-state index >= 15 is 0 Å². The molecule has 0 aliphatic rings. The fourth-order valence-corrected chi connectivity index (χ4v) is 2.30. The SMILES string of the molecule is CCS(=O)(=O)CCNCCCc1ccccc1. The molecule has 0 atom stereocenters. The highest BCUT2D eigenvalue weighted by Gasteiger charge is 2.05. The molecule has 96 valence electrons. The monoisotopic (exact) mass is 255 g/mol. The zero-order chi connectivity index (χ0) is 12.6. The molecule has 17 heavy (non-hydrogen) atoms. The van der Waals surface area contributed by atoms with Gasteiger partial charge in [0, 0.05) is 12.3 Å². The van der Waals surface area contributed by atoms with Crippen LogP contribution < -0.4 is 5.32 Å². The second-order valence-electron chi connectivity index (χ2n) is 4.08. The van der Waals surface area contributed by atoms with Crippen molar-refractivity contribution in [2.45, 2.75) is 19.8 Å². The Morgan fingerprint density at radius 3 is 2.47 bits per heavy atom. The van der Waals surface area contributed by atoms with Crippen LogP contribution in [0.5, 0.6) is 0 Å². The standard InChI is InChI=1S/C13H21NO2S/c1-2-17(15,16)12-11-14-10-6-9-13-7-4-3-5-8-13/h3-5,7-8,14H,2,6,9-12H2,1H3. The summed E-state index contributed by atoms with van der Waals surface area (Å²) in [6.45, 7) is 3.11. The largest absolute Gasteiger partial charge is 0.316 e. The number of nitrogens with one attached hydrogen (secondary N) is 1. The van der Waals surface area contributed by atoms with Crippen LogP contribution in [0.15, 0.2) is 30.3 Å². The number of hydrogen-bond acceptors (Lipinski definition) is 3. The van der Waals surface area contributed by atoms with E-state index in [2.05, 4.69) is 17.4 Å². The van der Waals surface area contributed by atoms with Crippen LogP contribution in [0.25, 0.3) is 0 Å². The van der Waals surface area contributed by atoms with Gasteiger partial charge in [0.05, 0.1) is 5.75 Å². The molecule has 0 fully saturated rings. The first-order chi connectivity index (χ1) is 8.14. The summed E-state index contributed by atoms with van der Waals surface area (Å²) in [7, 11) is -2.82. The molecule has 1 rings (SSSR count). The summed E-state index contributed by atoms with van der Waals surface area (Å²) in [5, 5.41) is 3.17. The van der Waals surface area contributed by atoms with Gasteiger partial charge in [0.2, 0.25) is 0 Å². The zero-order valence-electron chi connectivity index (χ0n) is 10.4. The molecule has 0 heterocycles. The molecule has 3 nitrogen and oxygen atoms in total. The van der Waals surface area contributed by atoms with Crippen molar-refractivity contribution in [3.05, 3.63) is 35.9 Å². The van der Waals surface area contributed by atoms with Crippen molar-refractivity contribution in [2.75, 3.05) is 24.6 Å². The van der Waals surface area contributed by atoms with Gasteiger partial charge >= 0.3 is 0 Å². The molecule has 0 saturated carbocycles. The van der Waals surface area contributed by atoms with Crippen LogP contribution >= 0.6 is 0 Å². The number of rotatable bonds is 8. The first-order valence-corrected chi connectivity index (χ1v) is 7.91. The van der Waals surface area contributed by atoms with Gasteiger partial charge in [-0.05, 0) is 24.9 Å². The highest BCUT2D eigenvalue weighted by Crippen LogP contribution is 2.01. The zero-order valence-corrected chi connectivity index (χ0v) is 11.2. The molecule has 1 N–H and O–H groups in total. The number of sulfone groups is 1. The second-order valence-corrected chi connectivity index (χ2v) is 6.55. The van der Waals surface area contributed by atoms with Crippen LogP contribution in [0, 0.1) is 0 Å². The normalized spacial score (nSPS) is 11.6. The van der Waals surface area contributed by atoms with Gasteiger partial charge in [0.1, 0.15) is 0 Å². The van der Waals surface area contributed by atoms with Gasteiger partial charge in [-0.15, -0.1) is 0 Å². The Labute approximate surface area is 104 Å². The second kappa shape index (κ2) is 7.45. The maximum Gasteiger partial charge on any atom is 0.151 e. The van der Waals surface area contributed by atoms with E-state index in [1.807, 2.05) is 18.2 Å². The highest BCUT2D eigenvalue weighted by atomic mass is 32.2. The topological polar surface area (TPSA) is 46.2 Å². The lowest BCUT2D eigenvalue weighted by Gasteiger charge is -2.05. The summed E-state index contributed by atoms with van der Waals surface area (Å²) in [5.74, 6) is 0.480. The Bertz CT molecular complexity index is 401. The van der Waals surface area contributed by atoms with E-state index < -0.39 is 9.84 Å². The van der Waals surface area contributed by atoms with Crippen molar-refractivity contribution in [3.8, 4) is 0 Å². The first-order valence-electron chi connectivity index (χ1n) is 6.09. The Balaban J connectivity index is 2.06. The summed E-state index contributed by atoms with van der Waals surface area (Å²) < 4.78 is 22.4. The van der Waals surface area contributed by atoms with E-state index in [1.165, 1.54) is 5.56 Å². The molecule has 0 unspecified atom stereocenters. The molecular formula is C13H21NO2S. The van der Waals surface area contributed by atoms with Crippen molar-refractivity contribution in [1.82, 2.24) is 5.32 Å². The van der Waals surface area contributed by atoms with E-state index in [0.717, 1.165) is 19.4 Å². The maximum absolute atomic E-state index is 11.2. The van der Waals surface area contributed by atoms with Crippen LogP contribution in [-0.2, 0) is 16.3 Å². The maximum atomic E-state index is 11.2. The molecule has 0 aromatic heterocycles. The fourth-order valence-electron chi connectivity index (χ4n) is 1.56. The lowest BCUT2D eigenvalue weighted by atomic mass is 10.1. The van der Waals surface area contributed by atoms with Crippen molar-refractivity contribution in [2.24, 2.45) is 0 Å². The summed E-state index contributed by atoms with van der Waals surface area (Å²) in [6.07, 6.45) is 2.07. The van der Waals surface area contributed by atoms with Gasteiger partial charge in [-0.25, -0.2) is 8.42 Å². The van der Waals surface area contributed by atoms with E-state index in [0.29, 0.717) is 6.54 Å². The molecule has 0 amide bonds. The highest BCUT2D eigenvalue weighted by molar-refractivity contribution is 7.91. The summed E-state index contributed by atoms with van der Waals surface area (Å²) >= 11 is 0.